The van der Waals surface area contributed by atoms with Gasteiger partial charge in [0.1, 0.15) is 23.7 Å². The van der Waals surface area contributed by atoms with Crippen molar-refractivity contribution >= 4 is 35.2 Å². The van der Waals surface area contributed by atoms with E-state index >= 15 is 0 Å². The first-order chi connectivity index (χ1) is 30.3. The van der Waals surface area contributed by atoms with Gasteiger partial charge in [0.05, 0.1) is 57.9 Å². The third-order valence-corrected chi connectivity index (χ3v) is 11.5. The predicted octanol–water partition coefficient (Wildman–Crippen LogP) is 2.21. The first-order valence-corrected chi connectivity index (χ1v) is 22.7. The highest BCUT2D eigenvalue weighted by Gasteiger charge is 2.49. The van der Waals surface area contributed by atoms with E-state index in [0.29, 0.717) is 97.0 Å². The van der Waals surface area contributed by atoms with Crippen molar-refractivity contribution < 1.29 is 38.2 Å². The van der Waals surface area contributed by atoms with Gasteiger partial charge in [-0.15, -0.1) is 0 Å². The van der Waals surface area contributed by atoms with Gasteiger partial charge in [-0.1, -0.05) is 88.4 Å². The van der Waals surface area contributed by atoms with Crippen molar-refractivity contribution in [3.8, 4) is 0 Å². The number of amides is 5. The Morgan fingerprint density at radius 1 is 0.619 bits per heavy atom. The summed E-state index contributed by atoms with van der Waals surface area (Å²) in [5, 5.41) is 16.7. The standard InChI is InChI=1S/C47H70N8O8/c1-33(2)16-18-38(49-44(58)37(19-17-35-12-8-6-9-13-35)48-41(56)30-54-20-24-61-25-21-54)45(59)51-40(29-36-14-10-7-11-15-36)46(60)50-39(28-34(3)4)43(47(5)32-63-47)53-52-42(57)31-55-22-26-62-27-23-55/h6-15,33-34,37-40H,16-32H2,1-5H3,(H,48,56)(H,49,58)(H,50,60)(H,51,59)(H,52,57)/b53-43-/t37-,38-,39?,40-,47+/m0/s1. The normalized spacial score (nSPS) is 20.3. The lowest BCUT2D eigenvalue weighted by atomic mass is 9.92. The number of hydrogen-bond acceptors (Lipinski definition) is 11. The number of carbonyl (C=O) groups is 5. The van der Waals surface area contributed by atoms with E-state index in [2.05, 4.69) is 31.8 Å². The van der Waals surface area contributed by atoms with Crippen molar-refractivity contribution in [1.82, 2.24) is 36.5 Å². The van der Waals surface area contributed by atoms with Gasteiger partial charge in [0.15, 0.2) is 0 Å². The lowest BCUT2D eigenvalue weighted by Gasteiger charge is -2.29. The Hall–Kier alpha value is -4.74. The lowest BCUT2D eigenvalue weighted by Crippen LogP contribution is -2.59. The summed E-state index contributed by atoms with van der Waals surface area (Å²) in [5.74, 6) is -1.65. The van der Waals surface area contributed by atoms with E-state index in [-0.39, 0.29) is 43.2 Å². The third kappa shape index (κ3) is 17.1. The molecule has 0 bridgehead atoms. The smallest absolute Gasteiger partial charge is 0.254 e. The minimum Gasteiger partial charge on any atom is -0.379 e. The zero-order chi connectivity index (χ0) is 45.2. The minimum absolute atomic E-state index is 0.119. The van der Waals surface area contributed by atoms with Gasteiger partial charge in [0.25, 0.3) is 5.91 Å². The molecule has 16 nitrogen and oxygen atoms in total. The van der Waals surface area contributed by atoms with Crippen LogP contribution in [0.5, 0.6) is 0 Å². The topological polar surface area (TPSA) is 195 Å². The summed E-state index contributed by atoms with van der Waals surface area (Å²) < 4.78 is 16.7. The quantitative estimate of drug-likeness (QED) is 0.0593. The summed E-state index contributed by atoms with van der Waals surface area (Å²) in [6, 6.07) is 15.6. The molecule has 63 heavy (non-hydrogen) atoms. The lowest BCUT2D eigenvalue weighted by molar-refractivity contribution is -0.134. The van der Waals surface area contributed by atoms with Crippen LogP contribution >= 0.6 is 0 Å². The maximum atomic E-state index is 14.6. The van der Waals surface area contributed by atoms with Crippen molar-refractivity contribution in [2.45, 2.75) is 103 Å². The van der Waals surface area contributed by atoms with Crippen LogP contribution in [-0.4, -0.2) is 147 Å². The zero-order valence-electron chi connectivity index (χ0n) is 37.9. The summed E-state index contributed by atoms with van der Waals surface area (Å²) >= 11 is 0. The molecule has 0 aromatic heterocycles. The number of epoxide rings is 1. The van der Waals surface area contributed by atoms with Crippen LogP contribution in [-0.2, 0) is 51.0 Å². The SMILES string of the molecule is CC(C)CC[C@H](NC(=O)[C@H](CCc1ccccc1)NC(=O)CN1CCOCC1)C(=O)N[C@@H](Cc1ccccc1)C(=O)NC(CC(C)C)/C(=N/NC(=O)CN1CCOCC1)[C@@]1(C)CO1. The van der Waals surface area contributed by atoms with E-state index < -0.39 is 47.5 Å². The molecule has 5 amide bonds. The molecule has 3 fully saturated rings. The number of carbonyl (C=O) groups excluding carboxylic acids is 5. The number of ether oxygens (including phenoxy) is 3. The number of hydrazone groups is 1. The Balaban J connectivity index is 1.35. The fraction of sp³-hybridized carbons (Fsp3) is 0.617. The maximum Gasteiger partial charge on any atom is 0.254 e. The molecular formula is C47H70N8O8. The number of nitrogens with zero attached hydrogens (tertiary/aromatic N) is 3. The van der Waals surface area contributed by atoms with Crippen LogP contribution in [0.25, 0.3) is 0 Å². The van der Waals surface area contributed by atoms with Gasteiger partial charge in [-0.05, 0) is 62.0 Å². The van der Waals surface area contributed by atoms with Crippen LogP contribution in [0.2, 0.25) is 0 Å². The average Bonchev–Trinajstić information content (AvgIpc) is 4.01. The molecule has 3 heterocycles. The van der Waals surface area contributed by atoms with E-state index in [1.165, 1.54) is 0 Å². The van der Waals surface area contributed by atoms with Crippen molar-refractivity contribution in [1.29, 1.82) is 0 Å². The fourth-order valence-electron chi connectivity index (χ4n) is 7.72. The van der Waals surface area contributed by atoms with Gasteiger partial charge >= 0.3 is 0 Å². The van der Waals surface area contributed by atoms with E-state index in [1.807, 2.05) is 105 Å². The van der Waals surface area contributed by atoms with Crippen molar-refractivity contribution in [2.75, 3.05) is 72.3 Å². The van der Waals surface area contributed by atoms with Gasteiger partial charge in [0, 0.05) is 32.6 Å². The second kappa shape index (κ2) is 24.9. The van der Waals surface area contributed by atoms with Gasteiger partial charge in [-0.2, -0.15) is 5.10 Å². The van der Waals surface area contributed by atoms with E-state index in [4.69, 9.17) is 14.2 Å². The Bertz CT molecular complexity index is 1800. The van der Waals surface area contributed by atoms with Crippen LogP contribution in [0.4, 0.5) is 0 Å². The van der Waals surface area contributed by atoms with Crippen molar-refractivity contribution in [3.05, 3.63) is 71.8 Å². The molecule has 0 radical (unpaired) electrons. The molecule has 346 valence electrons. The molecule has 3 aliphatic heterocycles. The molecule has 16 heteroatoms. The molecule has 2 aromatic rings. The van der Waals surface area contributed by atoms with Crippen LogP contribution in [0.15, 0.2) is 65.8 Å². The minimum atomic E-state index is -1.04. The maximum absolute atomic E-state index is 14.6. The van der Waals surface area contributed by atoms with Gasteiger partial charge in [0.2, 0.25) is 23.6 Å². The Morgan fingerprint density at radius 2 is 1.11 bits per heavy atom. The first kappa shape index (κ1) is 49.3. The summed E-state index contributed by atoms with van der Waals surface area (Å²) in [7, 11) is 0. The monoisotopic (exact) mass is 875 g/mol. The first-order valence-electron chi connectivity index (χ1n) is 22.7. The van der Waals surface area contributed by atoms with E-state index in [9.17, 15) is 24.0 Å². The summed E-state index contributed by atoms with van der Waals surface area (Å²) in [6.45, 7) is 15.4. The Morgan fingerprint density at radius 3 is 1.65 bits per heavy atom. The number of benzene rings is 2. The number of morpholine rings is 2. The highest BCUT2D eigenvalue weighted by Crippen LogP contribution is 2.31. The van der Waals surface area contributed by atoms with Crippen molar-refractivity contribution in [3.63, 3.8) is 0 Å². The zero-order valence-corrected chi connectivity index (χ0v) is 37.9. The second-order valence-electron chi connectivity index (χ2n) is 17.9. The molecular weight excluding hydrogens is 805 g/mol. The third-order valence-electron chi connectivity index (χ3n) is 11.5. The van der Waals surface area contributed by atoms with Crippen LogP contribution < -0.4 is 26.7 Å². The van der Waals surface area contributed by atoms with Crippen LogP contribution in [0.3, 0.4) is 0 Å². The predicted molar refractivity (Wildman–Crippen MR) is 241 cm³/mol. The molecule has 3 saturated heterocycles. The molecule has 5 rings (SSSR count). The summed E-state index contributed by atoms with van der Waals surface area (Å²) in [5.41, 5.74) is 4.25. The number of rotatable bonds is 24. The fourth-order valence-corrected chi connectivity index (χ4v) is 7.72. The highest BCUT2D eigenvalue weighted by atomic mass is 16.6. The van der Waals surface area contributed by atoms with Gasteiger partial charge in [-0.3, -0.25) is 33.8 Å². The van der Waals surface area contributed by atoms with E-state index in [0.717, 1.165) is 11.1 Å². The van der Waals surface area contributed by atoms with E-state index in [1.54, 1.807) is 0 Å². The molecule has 0 spiro atoms. The number of aryl methyl sites for hydroxylation is 1. The summed E-state index contributed by atoms with van der Waals surface area (Å²) in [4.78, 5) is 73.7. The van der Waals surface area contributed by atoms with Crippen LogP contribution in [0.1, 0.15) is 71.4 Å². The number of nitrogens with one attached hydrogen (secondary N) is 5. The average molecular weight is 875 g/mol. The Labute approximate surface area is 373 Å². The van der Waals surface area contributed by atoms with Crippen LogP contribution in [0, 0.1) is 11.8 Å². The molecule has 1 unspecified atom stereocenters. The largest absolute Gasteiger partial charge is 0.379 e. The molecule has 0 aliphatic carbocycles. The molecule has 3 aliphatic rings. The van der Waals surface area contributed by atoms with Gasteiger partial charge < -0.3 is 35.5 Å². The molecule has 5 N–H and O–H groups in total. The second-order valence-corrected chi connectivity index (χ2v) is 17.9. The summed E-state index contributed by atoms with van der Waals surface area (Å²) in [6.07, 6.45) is 2.45. The highest BCUT2D eigenvalue weighted by molar-refractivity contribution is 6.02. The Kier molecular flexibility index (Phi) is 19.5. The van der Waals surface area contributed by atoms with Crippen molar-refractivity contribution in [2.24, 2.45) is 16.9 Å². The van der Waals surface area contributed by atoms with Gasteiger partial charge in [-0.25, -0.2) is 5.43 Å². The molecule has 0 saturated carbocycles. The molecule has 5 atom stereocenters. The number of hydrogen-bond donors (Lipinski definition) is 5. The molecule has 2 aromatic carbocycles.